The van der Waals surface area contributed by atoms with Crippen molar-refractivity contribution in [1.82, 2.24) is 0 Å². The fourth-order valence-corrected chi connectivity index (χ4v) is 0. The average molecular weight is 193 g/mol. The fourth-order valence-electron chi connectivity index (χ4n) is 0. The second-order valence-electron chi connectivity index (χ2n) is 0.547. The summed E-state index contributed by atoms with van der Waals surface area (Å²) >= 11 is 3.70. The molecule has 0 aromatic carbocycles. The number of isothiocyanates is 1. The number of nitrogens with zero attached hydrogens (tertiary/aromatic N) is 1. The first-order chi connectivity index (χ1) is 3.15. The molecule has 48 valence electrons. The minimum atomic E-state index is -0.333. The number of nitrogens with two attached hydrogens (primary N) is 2. The summed E-state index contributed by atoms with van der Waals surface area (Å²) in [6.07, 6.45) is 0. The maximum atomic E-state index is 7.13. The molecule has 0 amide bonds. The van der Waals surface area contributed by atoms with Gasteiger partial charge in [0.05, 0.1) is 0 Å². The zero-order chi connectivity index (χ0) is 6.28. The first kappa shape index (κ1) is 22.6. The topological polar surface area (TPSA) is 98.2 Å². The van der Waals surface area contributed by atoms with Crippen LogP contribution in [0.25, 0.3) is 5.41 Å². The molecular formula is C2H5CaClN4S. The number of halogens is 1. The van der Waals surface area contributed by atoms with Crippen LogP contribution in [0.4, 0.5) is 0 Å². The van der Waals surface area contributed by atoms with E-state index in [1.807, 2.05) is 0 Å². The molecule has 0 saturated heterocycles. The molecule has 0 rings (SSSR count). The quantitative estimate of drug-likeness (QED) is 0.159. The minimum absolute atomic E-state index is 0. The molecule has 0 unspecified atom stereocenters. The van der Waals surface area contributed by atoms with Crippen LogP contribution in [0.3, 0.4) is 0 Å². The molecule has 0 aromatic heterocycles. The molecule has 0 aliphatic heterocycles. The van der Waals surface area contributed by atoms with Crippen molar-refractivity contribution in [2.45, 2.75) is 0 Å². The maximum absolute atomic E-state index is 7.13. The van der Waals surface area contributed by atoms with E-state index in [0.717, 1.165) is 0 Å². The van der Waals surface area contributed by atoms with Gasteiger partial charge in [-0.15, -0.1) is 0 Å². The Hall–Kier alpha value is 0.620. The van der Waals surface area contributed by atoms with Crippen LogP contribution in [-0.2, 0) is 0 Å². The molecule has 4 nitrogen and oxygen atoms in total. The summed E-state index contributed by atoms with van der Waals surface area (Å²) in [5.41, 5.74) is 8.94. The third-order valence-electron chi connectivity index (χ3n) is 0. The van der Waals surface area contributed by atoms with Gasteiger partial charge in [0.25, 0.3) is 0 Å². The SMILES string of the molecule is N=C(N)N.[Ca+2].[Cl-].[N-]=C=S. The summed E-state index contributed by atoms with van der Waals surface area (Å²) in [6.45, 7) is 0. The van der Waals surface area contributed by atoms with Gasteiger partial charge < -0.3 is 29.3 Å². The normalized spacial score (nSPS) is 3.56. The zero-order valence-electron chi connectivity index (χ0n) is 4.60. The first-order valence-electron chi connectivity index (χ1n) is 1.26. The predicted octanol–water partition coefficient (Wildman–Crippen LogP) is -3.88. The van der Waals surface area contributed by atoms with Crippen molar-refractivity contribution in [2.75, 3.05) is 0 Å². The largest absolute Gasteiger partial charge is 2.00 e. The van der Waals surface area contributed by atoms with Gasteiger partial charge in [-0.1, -0.05) is 12.2 Å². The van der Waals surface area contributed by atoms with Gasteiger partial charge in [-0.3, -0.25) is 5.41 Å². The summed E-state index contributed by atoms with van der Waals surface area (Å²) in [5, 5.41) is 14.5. The van der Waals surface area contributed by atoms with Crippen molar-refractivity contribution in [3.05, 3.63) is 5.41 Å². The van der Waals surface area contributed by atoms with Crippen LogP contribution >= 0.6 is 12.2 Å². The van der Waals surface area contributed by atoms with Crippen LogP contribution in [0.15, 0.2) is 0 Å². The Morgan fingerprint density at radius 2 is 1.56 bits per heavy atom. The molecule has 0 aromatic rings. The van der Waals surface area contributed by atoms with Gasteiger partial charge in [-0.05, 0) is 0 Å². The molecule has 0 aliphatic carbocycles. The van der Waals surface area contributed by atoms with E-state index in [2.05, 4.69) is 23.7 Å². The summed E-state index contributed by atoms with van der Waals surface area (Å²) in [6, 6.07) is 0. The number of rotatable bonds is 0. The first-order valence-corrected chi connectivity index (χ1v) is 1.66. The zero-order valence-corrected chi connectivity index (χ0v) is 8.38. The van der Waals surface area contributed by atoms with Crippen LogP contribution in [0.5, 0.6) is 0 Å². The Labute approximate surface area is 94.8 Å². The molecule has 5 N–H and O–H groups in total. The second kappa shape index (κ2) is 23.4. The molecule has 0 radical (unpaired) electrons. The van der Waals surface area contributed by atoms with E-state index >= 15 is 0 Å². The summed E-state index contributed by atoms with van der Waals surface area (Å²) in [5.74, 6) is -0.333. The minimum Gasteiger partial charge on any atom is -1.00 e. The van der Waals surface area contributed by atoms with Gasteiger partial charge in [0.15, 0.2) is 5.96 Å². The van der Waals surface area contributed by atoms with Gasteiger partial charge in [0.1, 0.15) is 0 Å². The fraction of sp³-hybridized carbons (Fsp3) is 0. The molecular weight excluding hydrogens is 188 g/mol. The van der Waals surface area contributed by atoms with Crippen molar-refractivity contribution < 1.29 is 12.4 Å². The molecule has 7 heteroatoms. The van der Waals surface area contributed by atoms with Crippen molar-refractivity contribution in [3.8, 4) is 0 Å². The van der Waals surface area contributed by atoms with Gasteiger partial charge in [0.2, 0.25) is 0 Å². The summed E-state index contributed by atoms with van der Waals surface area (Å²) in [4.78, 5) is 0. The van der Waals surface area contributed by atoms with E-state index in [1.165, 1.54) is 5.16 Å². The second-order valence-corrected chi connectivity index (χ2v) is 0.729. The maximum Gasteiger partial charge on any atom is 2.00 e. The molecule has 0 fully saturated rings. The van der Waals surface area contributed by atoms with Gasteiger partial charge >= 0.3 is 37.7 Å². The van der Waals surface area contributed by atoms with Crippen LogP contribution in [-0.4, -0.2) is 48.9 Å². The average Bonchev–Trinajstić information content (AvgIpc) is 1.33. The van der Waals surface area contributed by atoms with Crippen LogP contribution in [0.2, 0.25) is 0 Å². The summed E-state index contributed by atoms with van der Waals surface area (Å²) < 4.78 is 0. The molecule has 0 aliphatic rings. The number of guanidine groups is 1. The summed E-state index contributed by atoms with van der Waals surface area (Å²) in [7, 11) is 0. The van der Waals surface area contributed by atoms with E-state index in [-0.39, 0.29) is 56.1 Å². The number of hydrogen-bond donors (Lipinski definition) is 3. The Kier molecular flexibility index (Phi) is 59.0. The van der Waals surface area contributed by atoms with E-state index in [4.69, 9.17) is 10.8 Å². The Morgan fingerprint density at radius 3 is 1.56 bits per heavy atom. The Balaban J connectivity index is -0.0000000233. The van der Waals surface area contributed by atoms with E-state index in [1.54, 1.807) is 0 Å². The molecule has 0 bridgehead atoms. The van der Waals surface area contributed by atoms with Crippen molar-refractivity contribution in [2.24, 2.45) is 11.5 Å². The van der Waals surface area contributed by atoms with Crippen LogP contribution in [0.1, 0.15) is 0 Å². The van der Waals surface area contributed by atoms with Gasteiger partial charge in [-0.2, -0.15) is 5.16 Å². The standard InChI is InChI=1S/CH5N3.CNS.Ca.ClH/c2-1(3)4;2-1-3;;/h(H5,2,3,4);;;1H/q;-1;+2;/p-1. The smallest absolute Gasteiger partial charge is 1.00 e. The van der Waals surface area contributed by atoms with Crippen LogP contribution in [0, 0.1) is 5.41 Å². The Morgan fingerprint density at radius 1 is 1.56 bits per heavy atom. The van der Waals surface area contributed by atoms with Crippen LogP contribution < -0.4 is 23.9 Å². The van der Waals surface area contributed by atoms with E-state index < -0.39 is 0 Å². The van der Waals surface area contributed by atoms with Crippen molar-refractivity contribution in [3.63, 3.8) is 0 Å². The monoisotopic (exact) mass is 192 g/mol. The number of hydrogen-bond acceptors (Lipinski definition) is 2. The molecule has 0 atom stereocenters. The third-order valence-corrected chi connectivity index (χ3v) is 0. The predicted molar refractivity (Wildman–Crippen MR) is 37.8 cm³/mol. The molecule has 0 spiro atoms. The third kappa shape index (κ3) is 983. The molecule has 9 heavy (non-hydrogen) atoms. The van der Waals surface area contributed by atoms with Crippen molar-refractivity contribution in [1.29, 1.82) is 5.41 Å². The van der Waals surface area contributed by atoms with E-state index in [9.17, 15) is 0 Å². The van der Waals surface area contributed by atoms with E-state index in [0.29, 0.717) is 0 Å². The van der Waals surface area contributed by atoms with Gasteiger partial charge in [0, 0.05) is 0 Å². The van der Waals surface area contributed by atoms with Gasteiger partial charge in [-0.25, -0.2) is 0 Å². The number of nitrogens with one attached hydrogen (secondary N) is 1. The molecule has 0 heterocycles. The Bertz CT molecular complexity index is 86.6. The molecule has 0 saturated carbocycles. The number of thiocarbonyl (C=S) groups is 1. The van der Waals surface area contributed by atoms with Crippen molar-refractivity contribution >= 4 is 61.1 Å².